The number of nitrogens with zero attached hydrogens (tertiary/aromatic N) is 2. The van der Waals surface area contributed by atoms with Crippen LogP contribution in [-0.4, -0.2) is 20.6 Å². The van der Waals surface area contributed by atoms with E-state index in [0.717, 1.165) is 13.0 Å². The maximum Gasteiger partial charge on any atom is 0.314 e. The van der Waals surface area contributed by atoms with Crippen LogP contribution in [0.1, 0.15) is 70.5 Å². The molecule has 4 nitrogen and oxygen atoms in total. The van der Waals surface area contributed by atoms with Gasteiger partial charge in [0.1, 0.15) is 11.7 Å². The van der Waals surface area contributed by atoms with E-state index in [4.69, 9.17) is 0 Å². The van der Waals surface area contributed by atoms with Crippen molar-refractivity contribution in [3.8, 4) is 0 Å². The van der Waals surface area contributed by atoms with Crippen LogP contribution >= 0.6 is 0 Å². The molecule has 0 aliphatic heterocycles. The van der Waals surface area contributed by atoms with Crippen molar-refractivity contribution >= 4 is 5.97 Å². The van der Waals surface area contributed by atoms with E-state index >= 15 is 0 Å². The van der Waals surface area contributed by atoms with E-state index in [0.29, 0.717) is 12.2 Å². The number of aromatic nitrogens is 2. The lowest BCUT2D eigenvalue weighted by molar-refractivity contribution is -0.139. The topological polar surface area (TPSA) is 55.1 Å². The number of imidazole rings is 1. The second kappa shape index (κ2) is 8.73. The summed E-state index contributed by atoms with van der Waals surface area (Å²) in [5.41, 5.74) is 0. The fourth-order valence-electron chi connectivity index (χ4n) is 2.35. The number of unbranched alkanes of at least 4 members (excludes halogenated alkanes) is 5. The van der Waals surface area contributed by atoms with E-state index in [9.17, 15) is 9.90 Å². The molecule has 1 atom stereocenters. The first-order chi connectivity index (χ1) is 9.20. The third-order valence-corrected chi connectivity index (χ3v) is 3.52. The molecule has 0 aliphatic carbocycles. The number of hydrogen-bond acceptors (Lipinski definition) is 2. The Labute approximate surface area is 115 Å². The van der Waals surface area contributed by atoms with E-state index in [1.165, 1.54) is 32.1 Å². The number of carbonyl (C=O) groups is 1. The molecule has 1 unspecified atom stereocenters. The Morgan fingerprint density at radius 2 is 1.95 bits per heavy atom. The van der Waals surface area contributed by atoms with Crippen LogP contribution < -0.4 is 0 Å². The molecule has 0 bridgehead atoms. The van der Waals surface area contributed by atoms with Crippen molar-refractivity contribution in [2.24, 2.45) is 0 Å². The highest BCUT2D eigenvalue weighted by Crippen LogP contribution is 2.18. The van der Waals surface area contributed by atoms with Gasteiger partial charge < -0.3 is 9.67 Å². The minimum Gasteiger partial charge on any atom is -0.481 e. The Morgan fingerprint density at radius 3 is 2.58 bits per heavy atom. The molecule has 1 N–H and O–H groups in total. The molecular formula is C15H26N2O2. The van der Waals surface area contributed by atoms with Crippen LogP contribution in [0, 0.1) is 0 Å². The van der Waals surface area contributed by atoms with Crippen LogP contribution in [0.25, 0.3) is 0 Å². The molecule has 1 aromatic heterocycles. The first kappa shape index (κ1) is 15.7. The zero-order valence-electron chi connectivity index (χ0n) is 12.1. The summed E-state index contributed by atoms with van der Waals surface area (Å²) in [5, 5.41) is 9.18. The van der Waals surface area contributed by atoms with Crippen LogP contribution in [-0.2, 0) is 11.3 Å². The molecule has 0 aliphatic rings. The molecule has 1 aromatic rings. The van der Waals surface area contributed by atoms with Crippen molar-refractivity contribution in [1.29, 1.82) is 0 Å². The van der Waals surface area contributed by atoms with Crippen LogP contribution in [0.4, 0.5) is 0 Å². The van der Waals surface area contributed by atoms with E-state index in [2.05, 4.69) is 11.9 Å². The molecule has 0 spiro atoms. The Bertz CT molecular complexity index is 374. The average molecular weight is 266 g/mol. The lowest BCUT2D eigenvalue weighted by atomic mass is 10.1. The summed E-state index contributed by atoms with van der Waals surface area (Å²) in [5.74, 6) is -0.559. The quantitative estimate of drug-likeness (QED) is 0.655. The van der Waals surface area contributed by atoms with Gasteiger partial charge in [-0.15, -0.1) is 0 Å². The largest absolute Gasteiger partial charge is 0.481 e. The molecule has 0 aromatic carbocycles. The van der Waals surface area contributed by atoms with Gasteiger partial charge in [-0.05, 0) is 12.8 Å². The Balaban J connectivity index is 2.42. The third-order valence-electron chi connectivity index (χ3n) is 3.52. The standard InChI is InChI=1S/C15H26N2O2/c1-3-5-6-7-8-9-11-17-12-10-16-14(17)13(4-2)15(18)19/h10,12-13H,3-9,11H2,1-2H3,(H,18,19). The lowest BCUT2D eigenvalue weighted by Gasteiger charge is -2.12. The average Bonchev–Trinajstić information content (AvgIpc) is 2.82. The normalized spacial score (nSPS) is 12.5. The second-order valence-electron chi connectivity index (χ2n) is 5.05. The maximum absolute atomic E-state index is 11.2. The first-order valence-electron chi connectivity index (χ1n) is 7.44. The van der Waals surface area contributed by atoms with Crippen LogP contribution in [0.2, 0.25) is 0 Å². The molecule has 108 valence electrons. The maximum atomic E-state index is 11.2. The predicted octanol–water partition coefficient (Wildman–Crippen LogP) is 3.82. The van der Waals surface area contributed by atoms with E-state index in [1.807, 2.05) is 17.7 Å². The Kier molecular flexibility index (Phi) is 7.23. The fourth-order valence-corrected chi connectivity index (χ4v) is 2.35. The Hall–Kier alpha value is -1.32. The molecule has 1 rings (SSSR count). The van der Waals surface area contributed by atoms with Gasteiger partial charge in [-0.1, -0.05) is 46.0 Å². The highest BCUT2D eigenvalue weighted by atomic mass is 16.4. The first-order valence-corrected chi connectivity index (χ1v) is 7.44. The molecule has 0 radical (unpaired) electrons. The summed E-state index contributed by atoms with van der Waals surface area (Å²) in [7, 11) is 0. The van der Waals surface area contributed by atoms with Crippen molar-refractivity contribution in [2.75, 3.05) is 0 Å². The summed E-state index contributed by atoms with van der Waals surface area (Å²) in [6, 6.07) is 0. The summed E-state index contributed by atoms with van der Waals surface area (Å²) >= 11 is 0. The molecule has 1 heterocycles. The van der Waals surface area contributed by atoms with Crippen LogP contribution in [0.5, 0.6) is 0 Å². The molecule has 0 fully saturated rings. The zero-order valence-corrected chi connectivity index (χ0v) is 12.1. The molecule has 0 amide bonds. The molecule has 0 saturated carbocycles. The SMILES string of the molecule is CCCCCCCCn1ccnc1C(CC)C(=O)O. The fraction of sp³-hybridized carbons (Fsp3) is 0.733. The van der Waals surface area contributed by atoms with Gasteiger partial charge in [-0.2, -0.15) is 0 Å². The predicted molar refractivity (Wildman–Crippen MR) is 76.3 cm³/mol. The van der Waals surface area contributed by atoms with Crippen molar-refractivity contribution in [1.82, 2.24) is 9.55 Å². The highest BCUT2D eigenvalue weighted by Gasteiger charge is 2.22. The number of carboxylic acids is 1. The van der Waals surface area contributed by atoms with Gasteiger partial charge in [-0.3, -0.25) is 4.79 Å². The third kappa shape index (κ3) is 5.05. The molecule has 0 saturated heterocycles. The second-order valence-corrected chi connectivity index (χ2v) is 5.05. The van der Waals surface area contributed by atoms with E-state index in [1.54, 1.807) is 6.20 Å². The van der Waals surface area contributed by atoms with Gasteiger partial charge in [-0.25, -0.2) is 4.98 Å². The van der Waals surface area contributed by atoms with Gasteiger partial charge in [0, 0.05) is 18.9 Å². The molecular weight excluding hydrogens is 240 g/mol. The number of aryl methyl sites for hydroxylation is 1. The molecule has 4 heteroatoms. The zero-order chi connectivity index (χ0) is 14.1. The lowest BCUT2D eigenvalue weighted by Crippen LogP contribution is -2.16. The van der Waals surface area contributed by atoms with Crippen molar-refractivity contribution in [2.45, 2.75) is 71.3 Å². The minimum absolute atomic E-state index is 0.477. The van der Waals surface area contributed by atoms with Crippen molar-refractivity contribution in [3.63, 3.8) is 0 Å². The van der Waals surface area contributed by atoms with Crippen LogP contribution in [0.3, 0.4) is 0 Å². The summed E-state index contributed by atoms with van der Waals surface area (Å²) in [6.07, 6.45) is 11.7. The summed E-state index contributed by atoms with van der Waals surface area (Å²) in [4.78, 5) is 15.4. The highest BCUT2D eigenvalue weighted by molar-refractivity contribution is 5.74. The van der Waals surface area contributed by atoms with Gasteiger partial charge in [0.05, 0.1) is 0 Å². The number of hydrogen-bond donors (Lipinski definition) is 1. The Morgan fingerprint density at radius 1 is 1.26 bits per heavy atom. The van der Waals surface area contributed by atoms with E-state index in [-0.39, 0.29) is 0 Å². The van der Waals surface area contributed by atoms with Gasteiger partial charge in [0.15, 0.2) is 0 Å². The smallest absolute Gasteiger partial charge is 0.314 e. The summed E-state index contributed by atoms with van der Waals surface area (Å²) < 4.78 is 2.00. The van der Waals surface area contributed by atoms with Crippen molar-refractivity contribution in [3.05, 3.63) is 18.2 Å². The number of carboxylic acid groups (broad SMARTS) is 1. The monoisotopic (exact) mass is 266 g/mol. The van der Waals surface area contributed by atoms with Gasteiger partial charge in [0.25, 0.3) is 0 Å². The van der Waals surface area contributed by atoms with Gasteiger partial charge >= 0.3 is 5.97 Å². The van der Waals surface area contributed by atoms with Gasteiger partial charge in [0.2, 0.25) is 0 Å². The minimum atomic E-state index is -0.780. The van der Waals surface area contributed by atoms with E-state index < -0.39 is 11.9 Å². The molecule has 19 heavy (non-hydrogen) atoms. The summed E-state index contributed by atoms with van der Waals surface area (Å²) in [6.45, 7) is 4.99. The van der Waals surface area contributed by atoms with Crippen LogP contribution in [0.15, 0.2) is 12.4 Å². The number of rotatable bonds is 10. The van der Waals surface area contributed by atoms with Crippen molar-refractivity contribution < 1.29 is 9.90 Å². The number of aliphatic carboxylic acids is 1.